The van der Waals surface area contributed by atoms with Crippen LogP contribution in [-0.2, 0) is 6.42 Å². The van der Waals surface area contributed by atoms with Gasteiger partial charge in [0.1, 0.15) is 0 Å². The first kappa shape index (κ1) is 11.4. The molecule has 0 aliphatic carbocycles. The van der Waals surface area contributed by atoms with E-state index in [1.165, 1.54) is 11.3 Å². The maximum Gasteiger partial charge on any atom is 0.178 e. The second-order valence-electron chi connectivity index (χ2n) is 3.65. The number of rotatable bonds is 3. The van der Waals surface area contributed by atoms with Crippen molar-refractivity contribution < 1.29 is 4.79 Å². The van der Waals surface area contributed by atoms with Gasteiger partial charge in [0, 0.05) is 6.42 Å². The van der Waals surface area contributed by atoms with Gasteiger partial charge in [0.2, 0.25) is 0 Å². The molecule has 0 saturated heterocycles. The summed E-state index contributed by atoms with van der Waals surface area (Å²) in [6, 6.07) is 9.71. The second kappa shape index (κ2) is 4.81. The van der Waals surface area contributed by atoms with Crippen molar-refractivity contribution in [3.8, 4) is 0 Å². The molecule has 0 aliphatic heterocycles. The highest BCUT2D eigenvalue weighted by Crippen LogP contribution is 2.28. The first-order valence-electron chi connectivity index (χ1n) is 4.99. The molecule has 0 aliphatic rings. The smallest absolute Gasteiger partial charge is 0.178 e. The lowest BCUT2D eigenvalue weighted by Crippen LogP contribution is -2.01. The number of carbonyl (C=O) groups excluding carboxylic acids is 1. The normalized spacial score (nSPS) is 10.4. The molecule has 1 nitrogen and oxygen atoms in total. The predicted molar refractivity (Wildman–Crippen MR) is 68.5 cm³/mol. The van der Waals surface area contributed by atoms with Crippen LogP contribution in [0.25, 0.3) is 0 Å². The van der Waals surface area contributed by atoms with E-state index in [0.717, 1.165) is 11.1 Å². The molecule has 0 bridgehead atoms. The molecule has 82 valence electrons. The first-order valence-corrected chi connectivity index (χ1v) is 6.25. The van der Waals surface area contributed by atoms with Gasteiger partial charge in [-0.2, -0.15) is 0 Å². The number of thiophene rings is 1. The number of hydrogen-bond donors (Lipinski definition) is 0. The van der Waals surface area contributed by atoms with Crippen LogP contribution >= 0.6 is 22.9 Å². The number of Topliss-reactive ketones (excluding diaryl/α,β-unsaturated/α-hetero) is 1. The number of halogens is 1. The molecule has 2 aromatic rings. The molecule has 3 heteroatoms. The summed E-state index contributed by atoms with van der Waals surface area (Å²) in [6.45, 7) is 1.91. The van der Waals surface area contributed by atoms with E-state index in [1.807, 2.05) is 42.6 Å². The Morgan fingerprint density at radius 3 is 2.56 bits per heavy atom. The summed E-state index contributed by atoms with van der Waals surface area (Å²) in [6.07, 6.45) is 0.417. The maximum absolute atomic E-state index is 12.0. The van der Waals surface area contributed by atoms with Crippen molar-refractivity contribution in [1.29, 1.82) is 0 Å². The SMILES string of the molecule is Cc1csc(C(=O)Cc2ccccc2)c1Cl. The fraction of sp³-hybridized carbons (Fsp3) is 0.154. The van der Waals surface area contributed by atoms with Gasteiger partial charge in [0.25, 0.3) is 0 Å². The number of benzene rings is 1. The van der Waals surface area contributed by atoms with Gasteiger partial charge < -0.3 is 0 Å². The number of ketones is 1. The zero-order chi connectivity index (χ0) is 11.5. The summed E-state index contributed by atoms with van der Waals surface area (Å²) in [5.41, 5.74) is 2.00. The first-order chi connectivity index (χ1) is 7.68. The molecule has 16 heavy (non-hydrogen) atoms. The van der Waals surface area contributed by atoms with Gasteiger partial charge in [0.15, 0.2) is 5.78 Å². The Bertz CT molecular complexity index is 502. The fourth-order valence-electron chi connectivity index (χ4n) is 1.48. The molecule has 2 rings (SSSR count). The van der Waals surface area contributed by atoms with E-state index in [9.17, 15) is 4.79 Å². The van der Waals surface area contributed by atoms with Crippen LogP contribution in [0.3, 0.4) is 0 Å². The summed E-state index contributed by atoms with van der Waals surface area (Å²) in [4.78, 5) is 12.6. The third kappa shape index (κ3) is 2.34. The van der Waals surface area contributed by atoms with Crippen molar-refractivity contribution in [3.63, 3.8) is 0 Å². The van der Waals surface area contributed by atoms with Gasteiger partial charge >= 0.3 is 0 Å². The van der Waals surface area contributed by atoms with Gasteiger partial charge in [0.05, 0.1) is 9.90 Å². The van der Waals surface area contributed by atoms with E-state index in [-0.39, 0.29) is 5.78 Å². The van der Waals surface area contributed by atoms with Crippen LogP contribution in [0.1, 0.15) is 20.8 Å². The van der Waals surface area contributed by atoms with E-state index in [2.05, 4.69) is 0 Å². The lowest BCUT2D eigenvalue weighted by molar-refractivity contribution is 0.0997. The molecule has 0 amide bonds. The number of hydrogen-bond acceptors (Lipinski definition) is 2. The Kier molecular flexibility index (Phi) is 3.42. The quantitative estimate of drug-likeness (QED) is 0.749. The van der Waals surface area contributed by atoms with Crippen LogP contribution in [-0.4, -0.2) is 5.78 Å². The van der Waals surface area contributed by atoms with E-state index in [4.69, 9.17) is 11.6 Å². The molecule has 1 heterocycles. The minimum atomic E-state index is 0.0919. The molecule has 0 unspecified atom stereocenters. The molecule has 0 spiro atoms. The number of aryl methyl sites for hydroxylation is 1. The molecule has 0 fully saturated rings. The zero-order valence-electron chi connectivity index (χ0n) is 8.87. The molecule has 0 saturated carbocycles. The van der Waals surface area contributed by atoms with Crippen molar-refractivity contribution in [3.05, 3.63) is 56.7 Å². The minimum Gasteiger partial charge on any atom is -0.293 e. The van der Waals surface area contributed by atoms with Crippen LogP contribution in [0, 0.1) is 6.92 Å². The maximum atomic E-state index is 12.0. The largest absolute Gasteiger partial charge is 0.293 e. The summed E-state index contributed by atoms with van der Waals surface area (Å²) >= 11 is 7.48. The van der Waals surface area contributed by atoms with Gasteiger partial charge in [-0.05, 0) is 23.4 Å². The molecule has 1 aromatic heterocycles. The highest BCUT2D eigenvalue weighted by atomic mass is 35.5. The molecule has 0 atom stereocenters. The summed E-state index contributed by atoms with van der Waals surface area (Å²) in [7, 11) is 0. The highest BCUT2D eigenvalue weighted by molar-refractivity contribution is 7.13. The van der Waals surface area contributed by atoms with Crippen molar-refractivity contribution >= 4 is 28.7 Å². The third-order valence-corrected chi connectivity index (χ3v) is 4.10. The Hall–Kier alpha value is -1.12. The Balaban J connectivity index is 2.18. The fourth-order valence-corrected chi connectivity index (χ4v) is 2.72. The Morgan fingerprint density at radius 2 is 2.00 bits per heavy atom. The van der Waals surface area contributed by atoms with Crippen molar-refractivity contribution in [1.82, 2.24) is 0 Å². The van der Waals surface area contributed by atoms with E-state index in [0.29, 0.717) is 16.3 Å². The topological polar surface area (TPSA) is 17.1 Å². The molecular weight excluding hydrogens is 240 g/mol. The Labute approximate surface area is 104 Å². The van der Waals surface area contributed by atoms with Gasteiger partial charge in [-0.25, -0.2) is 0 Å². The van der Waals surface area contributed by atoms with Crippen molar-refractivity contribution in [2.45, 2.75) is 13.3 Å². The van der Waals surface area contributed by atoms with E-state index in [1.54, 1.807) is 0 Å². The van der Waals surface area contributed by atoms with Crippen LogP contribution in [0.5, 0.6) is 0 Å². The molecule has 0 radical (unpaired) electrons. The molecule has 0 N–H and O–H groups in total. The number of carbonyl (C=O) groups is 1. The monoisotopic (exact) mass is 250 g/mol. The van der Waals surface area contributed by atoms with Crippen molar-refractivity contribution in [2.24, 2.45) is 0 Å². The van der Waals surface area contributed by atoms with Crippen molar-refractivity contribution in [2.75, 3.05) is 0 Å². The average Bonchev–Trinajstić information content (AvgIpc) is 2.61. The predicted octanol–water partition coefficient (Wildman–Crippen LogP) is 4.14. The highest BCUT2D eigenvalue weighted by Gasteiger charge is 2.14. The average molecular weight is 251 g/mol. The third-order valence-electron chi connectivity index (χ3n) is 2.36. The van der Waals surface area contributed by atoms with E-state index < -0.39 is 0 Å². The summed E-state index contributed by atoms with van der Waals surface area (Å²) in [5, 5.41) is 2.52. The van der Waals surface area contributed by atoms with Gasteiger partial charge in [-0.1, -0.05) is 41.9 Å². The Morgan fingerprint density at radius 1 is 1.31 bits per heavy atom. The summed E-state index contributed by atoms with van der Waals surface area (Å²) < 4.78 is 0. The van der Waals surface area contributed by atoms with Crippen LogP contribution in [0.4, 0.5) is 0 Å². The lowest BCUT2D eigenvalue weighted by Gasteiger charge is -1.99. The minimum absolute atomic E-state index is 0.0919. The van der Waals surface area contributed by atoms with Crippen LogP contribution in [0.2, 0.25) is 5.02 Å². The summed E-state index contributed by atoms with van der Waals surface area (Å²) in [5.74, 6) is 0.0919. The molecule has 1 aromatic carbocycles. The van der Waals surface area contributed by atoms with Crippen LogP contribution in [0.15, 0.2) is 35.7 Å². The zero-order valence-corrected chi connectivity index (χ0v) is 10.4. The molecular formula is C13H11ClOS. The van der Waals surface area contributed by atoms with Gasteiger partial charge in [-0.3, -0.25) is 4.79 Å². The second-order valence-corrected chi connectivity index (χ2v) is 4.90. The lowest BCUT2D eigenvalue weighted by atomic mass is 10.1. The van der Waals surface area contributed by atoms with Gasteiger partial charge in [-0.15, -0.1) is 11.3 Å². The van der Waals surface area contributed by atoms with E-state index >= 15 is 0 Å². The van der Waals surface area contributed by atoms with Crippen LogP contribution < -0.4 is 0 Å². The standard InChI is InChI=1S/C13H11ClOS/c1-9-8-16-13(12(9)14)11(15)7-10-5-3-2-4-6-10/h2-6,8H,7H2,1H3.